The van der Waals surface area contributed by atoms with Crippen LogP contribution in [0.3, 0.4) is 0 Å². The van der Waals surface area contributed by atoms with Crippen LogP contribution in [0.1, 0.15) is 39.2 Å². The number of carboxylic acid groups (broad SMARTS) is 1. The largest absolute Gasteiger partial charge is 0.480 e. The van der Waals surface area contributed by atoms with Crippen molar-refractivity contribution in [2.75, 3.05) is 4.90 Å². The monoisotopic (exact) mass is 278 g/mol. The van der Waals surface area contributed by atoms with E-state index in [1.807, 2.05) is 0 Å². The van der Waals surface area contributed by atoms with Crippen LogP contribution in [0.2, 0.25) is 0 Å². The van der Waals surface area contributed by atoms with Crippen LogP contribution in [0.25, 0.3) is 0 Å². The van der Waals surface area contributed by atoms with Crippen LogP contribution in [0, 0.1) is 0 Å². The van der Waals surface area contributed by atoms with Crippen LogP contribution in [0.5, 0.6) is 0 Å². The normalized spacial score (nSPS) is 21.5. The van der Waals surface area contributed by atoms with Crippen molar-refractivity contribution in [2.45, 2.75) is 45.3 Å². The van der Waals surface area contributed by atoms with Crippen molar-refractivity contribution in [3.05, 3.63) is 23.9 Å². The first-order valence-corrected chi connectivity index (χ1v) is 6.42. The first-order valence-electron chi connectivity index (χ1n) is 6.42. The summed E-state index contributed by atoms with van der Waals surface area (Å²) in [5.41, 5.74) is 0.0479. The number of aliphatic carboxylic acids is 1. The van der Waals surface area contributed by atoms with Gasteiger partial charge in [0.1, 0.15) is 17.5 Å². The first-order chi connectivity index (χ1) is 9.22. The molecule has 0 aliphatic carbocycles. The highest BCUT2D eigenvalue weighted by molar-refractivity contribution is 5.98. The molecule has 2 atom stereocenters. The quantitative estimate of drug-likeness (QED) is 0.853. The molecule has 0 radical (unpaired) electrons. The highest BCUT2D eigenvalue weighted by Gasteiger charge is 2.46. The average Bonchev–Trinajstić information content (AvgIpc) is 2.61. The van der Waals surface area contributed by atoms with Crippen molar-refractivity contribution in [2.24, 2.45) is 0 Å². The highest BCUT2D eigenvalue weighted by atomic mass is 16.6. The summed E-state index contributed by atoms with van der Waals surface area (Å²) < 4.78 is 5.29. The molecule has 6 heteroatoms. The number of carboxylic acids is 1. The molecular formula is C14H18N2O4. The Morgan fingerprint density at radius 2 is 2.05 bits per heavy atom. The predicted molar refractivity (Wildman–Crippen MR) is 72.8 cm³/mol. The number of hydrogen-bond acceptors (Lipinski definition) is 4. The summed E-state index contributed by atoms with van der Waals surface area (Å²) in [6.45, 7) is 6.97. The van der Waals surface area contributed by atoms with E-state index >= 15 is 0 Å². The van der Waals surface area contributed by atoms with Gasteiger partial charge in [-0.2, -0.15) is 0 Å². The Morgan fingerprint density at radius 3 is 2.60 bits per heavy atom. The molecule has 0 bridgehead atoms. The van der Waals surface area contributed by atoms with Crippen LogP contribution < -0.4 is 4.90 Å². The molecular weight excluding hydrogens is 260 g/mol. The summed E-state index contributed by atoms with van der Waals surface area (Å²) in [5.74, 6) is -1.04. The van der Waals surface area contributed by atoms with E-state index in [1.54, 1.807) is 39.8 Å². The molecule has 1 amide bonds. The minimum Gasteiger partial charge on any atom is -0.480 e. The molecule has 0 saturated carbocycles. The molecule has 0 aromatic carbocycles. The summed E-state index contributed by atoms with van der Waals surface area (Å²) in [7, 11) is 0. The van der Waals surface area contributed by atoms with E-state index in [9.17, 15) is 14.7 Å². The van der Waals surface area contributed by atoms with Crippen LogP contribution in [-0.4, -0.2) is 33.8 Å². The van der Waals surface area contributed by atoms with Gasteiger partial charge in [0.2, 0.25) is 0 Å². The third-order valence-corrected chi connectivity index (χ3v) is 3.13. The van der Waals surface area contributed by atoms with Gasteiger partial charge in [-0.25, -0.2) is 19.5 Å². The lowest BCUT2D eigenvalue weighted by atomic mass is 9.98. The Labute approximate surface area is 117 Å². The van der Waals surface area contributed by atoms with Crippen molar-refractivity contribution in [1.29, 1.82) is 0 Å². The van der Waals surface area contributed by atoms with Crippen LogP contribution in [0.4, 0.5) is 10.6 Å². The molecule has 2 rings (SSSR count). The number of rotatable bonds is 1. The second kappa shape index (κ2) is 4.77. The Kier molecular flexibility index (Phi) is 3.41. The summed E-state index contributed by atoms with van der Waals surface area (Å²) in [6, 6.07) is 2.52. The molecule has 1 aromatic rings. The SMILES string of the molecule is CC1c2cccnc2N(C(=O)OC(C)(C)C)C1C(=O)O. The lowest BCUT2D eigenvalue weighted by Crippen LogP contribution is -2.46. The number of nitrogens with zero attached hydrogens (tertiary/aromatic N) is 2. The zero-order valence-electron chi connectivity index (χ0n) is 12.0. The van der Waals surface area contributed by atoms with Crippen LogP contribution in [-0.2, 0) is 9.53 Å². The van der Waals surface area contributed by atoms with Gasteiger partial charge in [-0.3, -0.25) is 0 Å². The number of aromatic nitrogens is 1. The van der Waals surface area contributed by atoms with E-state index < -0.39 is 23.7 Å². The maximum absolute atomic E-state index is 12.3. The average molecular weight is 278 g/mol. The minimum atomic E-state index is -1.07. The van der Waals surface area contributed by atoms with E-state index in [0.29, 0.717) is 5.82 Å². The fourth-order valence-corrected chi connectivity index (χ4v) is 2.33. The molecule has 2 heterocycles. The third-order valence-electron chi connectivity index (χ3n) is 3.13. The number of pyridine rings is 1. The Hall–Kier alpha value is -2.11. The van der Waals surface area contributed by atoms with E-state index in [1.165, 1.54) is 6.20 Å². The van der Waals surface area contributed by atoms with Crippen LogP contribution >= 0.6 is 0 Å². The number of amides is 1. The molecule has 20 heavy (non-hydrogen) atoms. The van der Waals surface area contributed by atoms with Gasteiger partial charge in [-0.15, -0.1) is 0 Å². The second-order valence-electron chi connectivity index (χ2n) is 5.84. The van der Waals surface area contributed by atoms with E-state index in [2.05, 4.69) is 4.98 Å². The predicted octanol–water partition coefficient (Wildman–Crippen LogP) is 2.39. The van der Waals surface area contributed by atoms with Gasteiger partial charge in [0.05, 0.1) is 0 Å². The van der Waals surface area contributed by atoms with Gasteiger partial charge in [0.25, 0.3) is 0 Å². The lowest BCUT2D eigenvalue weighted by Gasteiger charge is -2.27. The standard InChI is InChI=1S/C14H18N2O4/c1-8-9-6-5-7-15-11(9)16(10(8)12(17)18)13(19)20-14(2,3)4/h5-8,10H,1-4H3,(H,17,18). The number of carbonyl (C=O) groups is 2. The van der Waals surface area contributed by atoms with Crippen molar-refractivity contribution in [1.82, 2.24) is 4.98 Å². The van der Waals surface area contributed by atoms with Crippen molar-refractivity contribution < 1.29 is 19.4 Å². The molecule has 2 unspecified atom stereocenters. The molecule has 1 aromatic heterocycles. The van der Waals surface area contributed by atoms with Crippen molar-refractivity contribution in [3.8, 4) is 0 Å². The summed E-state index contributed by atoms with van der Waals surface area (Å²) in [4.78, 5) is 29.0. The highest BCUT2D eigenvalue weighted by Crippen LogP contribution is 2.39. The van der Waals surface area contributed by atoms with Crippen molar-refractivity contribution in [3.63, 3.8) is 0 Å². The zero-order chi connectivity index (χ0) is 15.1. The van der Waals surface area contributed by atoms with Crippen LogP contribution in [0.15, 0.2) is 18.3 Å². The first kappa shape index (κ1) is 14.3. The Balaban J connectivity index is 2.43. The van der Waals surface area contributed by atoms with Gasteiger partial charge in [0, 0.05) is 17.7 Å². The smallest absolute Gasteiger partial charge is 0.416 e. The van der Waals surface area contributed by atoms with Gasteiger partial charge in [0.15, 0.2) is 0 Å². The molecule has 108 valence electrons. The van der Waals surface area contributed by atoms with E-state index in [-0.39, 0.29) is 5.92 Å². The Bertz CT molecular complexity index is 550. The molecule has 0 saturated heterocycles. The lowest BCUT2D eigenvalue weighted by molar-refractivity contribution is -0.138. The number of fused-ring (bicyclic) bond motifs is 1. The number of hydrogen-bond donors (Lipinski definition) is 1. The zero-order valence-corrected chi connectivity index (χ0v) is 12.0. The summed E-state index contributed by atoms with van der Waals surface area (Å²) in [5, 5.41) is 9.40. The summed E-state index contributed by atoms with van der Waals surface area (Å²) in [6.07, 6.45) is 0.849. The number of ether oxygens (including phenoxy) is 1. The number of carbonyl (C=O) groups excluding carboxylic acids is 1. The van der Waals surface area contributed by atoms with E-state index in [4.69, 9.17) is 4.74 Å². The van der Waals surface area contributed by atoms with Gasteiger partial charge >= 0.3 is 12.1 Å². The molecule has 0 fully saturated rings. The molecule has 1 N–H and O–H groups in total. The maximum atomic E-state index is 12.3. The maximum Gasteiger partial charge on any atom is 0.416 e. The minimum absolute atomic E-state index is 0.330. The third kappa shape index (κ3) is 2.45. The van der Waals surface area contributed by atoms with Gasteiger partial charge < -0.3 is 9.84 Å². The van der Waals surface area contributed by atoms with Crippen molar-refractivity contribution >= 4 is 17.9 Å². The Morgan fingerprint density at radius 1 is 1.40 bits per heavy atom. The van der Waals surface area contributed by atoms with E-state index in [0.717, 1.165) is 10.5 Å². The molecule has 1 aliphatic rings. The fourth-order valence-electron chi connectivity index (χ4n) is 2.33. The second-order valence-corrected chi connectivity index (χ2v) is 5.84. The molecule has 1 aliphatic heterocycles. The fraction of sp³-hybridized carbons (Fsp3) is 0.500. The molecule has 6 nitrogen and oxygen atoms in total. The topological polar surface area (TPSA) is 79.7 Å². The summed E-state index contributed by atoms with van der Waals surface area (Å²) >= 11 is 0. The van der Waals surface area contributed by atoms with Gasteiger partial charge in [-0.1, -0.05) is 13.0 Å². The molecule has 0 spiro atoms. The number of anilines is 1. The van der Waals surface area contributed by atoms with Gasteiger partial charge in [-0.05, 0) is 26.8 Å².